The van der Waals surface area contributed by atoms with Crippen LogP contribution < -0.4 is 0 Å². The Labute approximate surface area is 60.3 Å². The standard InChI is InChI=1S/C9H9O/c10-9-6-5-7-3-1-2-4-8(7)9/h1-4,10H,5-6H2. The lowest BCUT2D eigenvalue weighted by atomic mass is 10.1. The van der Waals surface area contributed by atoms with Gasteiger partial charge in [-0.1, -0.05) is 24.3 Å². The summed E-state index contributed by atoms with van der Waals surface area (Å²) in [6.07, 6.45) is 2.37. The average Bonchev–Trinajstić information content (AvgIpc) is 2.34. The number of aryl methyl sites for hydroxylation is 1. The molecule has 0 aromatic heterocycles. The van der Waals surface area contributed by atoms with Crippen LogP contribution in [0.25, 0.3) is 0 Å². The molecule has 0 bridgehead atoms. The molecule has 51 valence electrons. The van der Waals surface area contributed by atoms with Crippen molar-refractivity contribution in [1.29, 1.82) is 0 Å². The minimum Gasteiger partial charge on any atom is -0.382 e. The third-order valence-corrected chi connectivity index (χ3v) is 1.96. The number of rotatable bonds is 0. The molecule has 1 N–H and O–H groups in total. The molecule has 1 aliphatic carbocycles. The van der Waals surface area contributed by atoms with Gasteiger partial charge in [-0.3, -0.25) is 0 Å². The van der Waals surface area contributed by atoms with Crippen molar-refractivity contribution in [2.75, 3.05) is 0 Å². The molecule has 1 aromatic carbocycles. The largest absolute Gasteiger partial charge is 0.382 e. The summed E-state index contributed by atoms with van der Waals surface area (Å²) in [5.74, 6) is 0. The highest BCUT2D eigenvalue weighted by atomic mass is 16.3. The van der Waals surface area contributed by atoms with Gasteiger partial charge >= 0.3 is 0 Å². The van der Waals surface area contributed by atoms with Crippen molar-refractivity contribution in [2.45, 2.75) is 12.8 Å². The fraction of sp³-hybridized carbons (Fsp3) is 0.222. The normalized spacial score (nSPS) is 17.3. The summed E-state index contributed by atoms with van der Waals surface area (Å²) >= 11 is 0. The van der Waals surface area contributed by atoms with Crippen LogP contribution in [0, 0.1) is 6.10 Å². The molecule has 0 aliphatic heterocycles. The number of aliphatic hydroxyl groups excluding tert-OH is 1. The monoisotopic (exact) mass is 133 g/mol. The third kappa shape index (κ3) is 0.745. The SMILES string of the molecule is O[C]1CCc2ccccc21. The van der Waals surface area contributed by atoms with Crippen molar-refractivity contribution < 1.29 is 5.11 Å². The molecule has 0 spiro atoms. The van der Waals surface area contributed by atoms with Crippen LogP contribution in [0.5, 0.6) is 0 Å². The second-order valence-corrected chi connectivity index (χ2v) is 2.60. The molecule has 0 amide bonds. The van der Waals surface area contributed by atoms with E-state index in [0.29, 0.717) is 6.10 Å². The number of hydrogen-bond acceptors (Lipinski definition) is 1. The summed E-state index contributed by atoms with van der Waals surface area (Å²) in [7, 11) is 0. The van der Waals surface area contributed by atoms with E-state index >= 15 is 0 Å². The van der Waals surface area contributed by atoms with Gasteiger partial charge in [0.15, 0.2) is 0 Å². The third-order valence-electron chi connectivity index (χ3n) is 1.96. The Balaban J connectivity index is 2.51. The number of hydrogen-bond donors (Lipinski definition) is 1. The second kappa shape index (κ2) is 2.10. The van der Waals surface area contributed by atoms with Gasteiger partial charge in [-0.15, -0.1) is 0 Å². The summed E-state index contributed by atoms with van der Waals surface area (Å²) < 4.78 is 0. The Kier molecular flexibility index (Phi) is 1.24. The highest BCUT2D eigenvalue weighted by molar-refractivity contribution is 5.40. The van der Waals surface area contributed by atoms with E-state index in [-0.39, 0.29) is 0 Å². The molecule has 1 aliphatic rings. The average molecular weight is 133 g/mol. The van der Waals surface area contributed by atoms with E-state index in [1.165, 1.54) is 5.56 Å². The molecule has 2 rings (SSSR count). The molecular weight excluding hydrogens is 124 g/mol. The first-order valence-corrected chi connectivity index (χ1v) is 3.51. The molecular formula is C9H9O. The van der Waals surface area contributed by atoms with Crippen molar-refractivity contribution in [3.63, 3.8) is 0 Å². The lowest BCUT2D eigenvalue weighted by molar-refractivity contribution is 0.324. The Bertz CT molecular complexity index is 242. The molecule has 1 aromatic rings. The van der Waals surface area contributed by atoms with Crippen LogP contribution >= 0.6 is 0 Å². The van der Waals surface area contributed by atoms with E-state index in [4.69, 9.17) is 0 Å². The topological polar surface area (TPSA) is 20.2 Å². The van der Waals surface area contributed by atoms with E-state index in [9.17, 15) is 5.11 Å². The molecule has 10 heavy (non-hydrogen) atoms. The van der Waals surface area contributed by atoms with Gasteiger partial charge in [0.05, 0.1) is 0 Å². The molecule has 0 fully saturated rings. The quantitative estimate of drug-likeness (QED) is 0.573. The Hall–Kier alpha value is -0.820. The van der Waals surface area contributed by atoms with Crippen LogP contribution in [0.4, 0.5) is 0 Å². The smallest absolute Gasteiger partial charge is 0.123 e. The van der Waals surface area contributed by atoms with Crippen LogP contribution in [0.3, 0.4) is 0 Å². The van der Waals surface area contributed by atoms with Crippen molar-refractivity contribution in [2.24, 2.45) is 0 Å². The van der Waals surface area contributed by atoms with Crippen molar-refractivity contribution in [3.8, 4) is 0 Å². The van der Waals surface area contributed by atoms with Crippen LogP contribution in [-0.4, -0.2) is 5.11 Å². The van der Waals surface area contributed by atoms with E-state index in [1.807, 2.05) is 18.2 Å². The zero-order chi connectivity index (χ0) is 6.97. The summed E-state index contributed by atoms with van der Waals surface area (Å²) in [4.78, 5) is 0. The molecule has 0 saturated heterocycles. The van der Waals surface area contributed by atoms with Gasteiger partial charge in [-0.05, 0) is 24.0 Å². The van der Waals surface area contributed by atoms with Crippen LogP contribution in [0.2, 0.25) is 0 Å². The van der Waals surface area contributed by atoms with Crippen molar-refractivity contribution in [3.05, 3.63) is 41.5 Å². The van der Waals surface area contributed by atoms with Gasteiger partial charge in [-0.25, -0.2) is 0 Å². The highest BCUT2D eigenvalue weighted by Gasteiger charge is 2.19. The van der Waals surface area contributed by atoms with Gasteiger partial charge in [0.2, 0.25) is 0 Å². The first kappa shape index (κ1) is 5.93. The van der Waals surface area contributed by atoms with E-state index in [2.05, 4.69) is 6.07 Å². The van der Waals surface area contributed by atoms with Crippen LogP contribution in [-0.2, 0) is 6.42 Å². The predicted octanol–water partition coefficient (Wildman–Crippen LogP) is 1.89. The summed E-state index contributed by atoms with van der Waals surface area (Å²) in [6, 6.07) is 8.01. The summed E-state index contributed by atoms with van der Waals surface area (Å²) in [6.45, 7) is 0. The molecule has 0 unspecified atom stereocenters. The number of benzene rings is 1. The van der Waals surface area contributed by atoms with Crippen LogP contribution in [0.15, 0.2) is 24.3 Å². The lowest BCUT2D eigenvalue weighted by Gasteiger charge is -1.99. The zero-order valence-electron chi connectivity index (χ0n) is 5.67. The molecule has 0 atom stereocenters. The minimum absolute atomic E-state index is 0.551. The molecule has 0 saturated carbocycles. The summed E-state index contributed by atoms with van der Waals surface area (Å²) in [5, 5.41) is 9.30. The Morgan fingerprint density at radius 3 is 2.70 bits per heavy atom. The fourth-order valence-corrected chi connectivity index (χ4v) is 1.41. The zero-order valence-corrected chi connectivity index (χ0v) is 5.67. The van der Waals surface area contributed by atoms with Crippen LogP contribution in [0.1, 0.15) is 17.5 Å². The Morgan fingerprint density at radius 2 is 1.90 bits per heavy atom. The molecule has 1 nitrogen and oxygen atoms in total. The van der Waals surface area contributed by atoms with Gasteiger partial charge < -0.3 is 5.11 Å². The maximum absolute atomic E-state index is 9.30. The van der Waals surface area contributed by atoms with E-state index in [0.717, 1.165) is 18.4 Å². The number of aliphatic hydroxyl groups is 1. The number of fused-ring (bicyclic) bond motifs is 1. The fourth-order valence-electron chi connectivity index (χ4n) is 1.41. The lowest BCUT2D eigenvalue weighted by Crippen LogP contribution is -1.89. The second-order valence-electron chi connectivity index (χ2n) is 2.60. The van der Waals surface area contributed by atoms with Crippen molar-refractivity contribution in [1.82, 2.24) is 0 Å². The van der Waals surface area contributed by atoms with E-state index in [1.54, 1.807) is 0 Å². The molecule has 1 radical (unpaired) electrons. The van der Waals surface area contributed by atoms with E-state index < -0.39 is 0 Å². The predicted molar refractivity (Wildman–Crippen MR) is 39.0 cm³/mol. The van der Waals surface area contributed by atoms with Gasteiger partial charge in [0, 0.05) is 0 Å². The molecule has 1 heteroatoms. The maximum atomic E-state index is 9.30. The highest BCUT2D eigenvalue weighted by Crippen LogP contribution is 2.29. The molecule has 0 heterocycles. The first-order chi connectivity index (χ1) is 4.88. The van der Waals surface area contributed by atoms with Crippen molar-refractivity contribution >= 4 is 0 Å². The Morgan fingerprint density at radius 1 is 1.10 bits per heavy atom. The van der Waals surface area contributed by atoms with Gasteiger partial charge in [0.1, 0.15) is 6.10 Å². The minimum atomic E-state index is 0.551. The van der Waals surface area contributed by atoms with Gasteiger partial charge in [0.25, 0.3) is 0 Å². The maximum Gasteiger partial charge on any atom is 0.123 e. The summed E-state index contributed by atoms with van der Waals surface area (Å²) in [5.41, 5.74) is 2.32. The van der Waals surface area contributed by atoms with Gasteiger partial charge in [-0.2, -0.15) is 0 Å². The first-order valence-electron chi connectivity index (χ1n) is 3.51.